The Balaban J connectivity index is 1.83. The minimum Gasteiger partial charge on any atom is -0.382 e. The van der Waals surface area contributed by atoms with E-state index in [9.17, 15) is 9.18 Å². The van der Waals surface area contributed by atoms with E-state index in [0.717, 1.165) is 18.5 Å². The second-order valence-electron chi connectivity index (χ2n) is 5.76. The average molecular weight is 350 g/mol. The number of halogens is 2. The van der Waals surface area contributed by atoms with E-state index in [1.165, 1.54) is 24.5 Å². The van der Waals surface area contributed by atoms with Crippen molar-refractivity contribution >= 4 is 23.3 Å². The highest BCUT2D eigenvalue weighted by atomic mass is 35.5. The molecule has 0 bridgehead atoms. The Morgan fingerprint density at radius 1 is 1.42 bits per heavy atom. The SMILES string of the molecule is CN1CCC(NC(=O)c2nccnc2N)C1c1ccc(Cl)c(F)c1. The summed E-state index contributed by atoms with van der Waals surface area (Å²) in [6.07, 6.45) is 3.57. The monoisotopic (exact) mass is 349 g/mol. The zero-order valence-electron chi connectivity index (χ0n) is 13.0. The standard InChI is InChI=1S/C16H17ClFN5O/c1-23-7-4-12(14(23)9-2-3-10(17)11(18)8-9)22-16(24)13-15(19)21-6-5-20-13/h2-3,5-6,8,12,14H,4,7H2,1H3,(H2,19,21)(H,22,24). The van der Waals surface area contributed by atoms with Gasteiger partial charge in [-0.1, -0.05) is 17.7 Å². The Labute approximate surface area is 143 Å². The second-order valence-corrected chi connectivity index (χ2v) is 6.17. The molecule has 1 aliphatic heterocycles. The van der Waals surface area contributed by atoms with Crippen molar-refractivity contribution in [2.45, 2.75) is 18.5 Å². The number of likely N-dealkylation sites (N-methyl/N-ethyl adjacent to an activating group) is 1. The van der Waals surface area contributed by atoms with Gasteiger partial charge in [0.25, 0.3) is 5.91 Å². The molecule has 0 spiro atoms. The first kappa shape index (κ1) is 16.6. The Kier molecular flexibility index (Phi) is 4.64. The molecule has 0 radical (unpaired) electrons. The van der Waals surface area contributed by atoms with Crippen LogP contribution in [0.25, 0.3) is 0 Å². The fourth-order valence-corrected chi connectivity index (χ4v) is 3.16. The van der Waals surface area contributed by atoms with E-state index < -0.39 is 5.82 Å². The minimum atomic E-state index is -0.474. The molecule has 0 aliphatic carbocycles. The molecule has 1 aromatic carbocycles. The number of hydrogen-bond donors (Lipinski definition) is 2. The molecule has 8 heteroatoms. The van der Waals surface area contributed by atoms with Crippen molar-refractivity contribution in [3.8, 4) is 0 Å². The van der Waals surface area contributed by atoms with Gasteiger partial charge in [0.15, 0.2) is 11.5 Å². The number of benzene rings is 1. The molecule has 2 atom stereocenters. The van der Waals surface area contributed by atoms with Crippen LogP contribution in [0.1, 0.15) is 28.5 Å². The number of nitrogen functional groups attached to an aromatic ring is 1. The molecule has 3 rings (SSSR count). The topological polar surface area (TPSA) is 84.1 Å². The number of nitrogens with one attached hydrogen (secondary N) is 1. The van der Waals surface area contributed by atoms with Crippen LogP contribution in [0.4, 0.5) is 10.2 Å². The number of carbonyl (C=O) groups excluding carboxylic acids is 1. The maximum absolute atomic E-state index is 13.8. The normalized spacial score (nSPS) is 21.0. The number of likely N-dealkylation sites (tertiary alicyclic amines) is 1. The summed E-state index contributed by atoms with van der Waals surface area (Å²) in [5.41, 5.74) is 6.55. The van der Waals surface area contributed by atoms with E-state index in [0.29, 0.717) is 0 Å². The number of nitrogens with two attached hydrogens (primary N) is 1. The molecule has 6 nitrogen and oxygen atoms in total. The number of amides is 1. The van der Waals surface area contributed by atoms with Crippen molar-refractivity contribution < 1.29 is 9.18 Å². The van der Waals surface area contributed by atoms with Crippen molar-refractivity contribution in [3.63, 3.8) is 0 Å². The molecule has 1 aromatic heterocycles. The van der Waals surface area contributed by atoms with Gasteiger partial charge >= 0.3 is 0 Å². The fraction of sp³-hybridized carbons (Fsp3) is 0.312. The van der Waals surface area contributed by atoms with Gasteiger partial charge in [0, 0.05) is 18.9 Å². The van der Waals surface area contributed by atoms with E-state index in [1.807, 2.05) is 7.05 Å². The van der Waals surface area contributed by atoms with Crippen LogP contribution < -0.4 is 11.1 Å². The van der Waals surface area contributed by atoms with Crippen molar-refractivity contribution in [3.05, 3.63) is 52.7 Å². The van der Waals surface area contributed by atoms with Gasteiger partial charge in [-0.2, -0.15) is 0 Å². The maximum atomic E-state index is 13.8. The number of hydrogen-bond acceptors (Lipinski definition) is 5. The quantitative estimate of drug-likeness (QED) is 0.885. The molecule has 2 aromatic rings. The lowest BCUT2D eigenvalue weighted by Crippen LogP contribution is -2.39. The second kappa shape index (κ2) is 6.70. The zero-order chi connectivity index (χ0) is 17.3. The average Bonchev–Trinajstić information content (AvgIpc) is 2.91. The lowest BCUT2D eigenvalue weighted by molar-refractivity contribution is 0.0923. The van der Waals surface area contributed by atoms with Crippen molar-refractivity contribution in [2.24, 2.45) is 0 Å². The predicted molar refractivity (Wildman–Crippen MR) is 89.1 cm³/mol. The highest BCUT2D eigenvalue weighted by molar-refractivity contribution is 6.30. The van der Waals surface area contributed by atoms with Gasteiger partial charge < -0.3 is 11.1 Å². The molecule has 126 valence electrons. The van der Waals surface area contributed by atoms with Crippen LogP contribution in [0.15, 0.2) is 30.6 Å². The molecule has 3 N–H and O–H groups in total. The summed E-state index contributed by atoms with van der Waals surface area (Å²) in [4.78, 5) is 22.3. The fourth-order valence-electron chi connectivity index (χ4n) is 3.04. The third-order valence-electron chi connectivity index (χ3n) is 4.19. The largest absolute Gasteiger partial charge is 0.382 e. The van der Waals surface area contributed by atoms with Gasteiger partial charge in [0.05, 0.1) is 17.1 Å². The molecule has 0 saturated carbocycles. The Morgan fingerprint density at radius 3 is 2.88 bits per heavy atom. The number of carbonyl (C=O) groups is 1. The van der Waals surface area contributed by atoms with Gasteiger partial charge in [-0.15, -0.1) is 0 Å². The predicted octanol–water partition coefficient (Wildman–Crippen LogP) is 2.03. The van der Waals surface area contributed by atoms with E-state index in [2.05, 4.69) is 20.2 Å². The van der Waals surface area contributed by atoms with Crippen molar-refractivity contribution in [2.75, 3.05) is 19.3 Å². The molecular weight excluding hydrogens is 333 g/mol. The molecule has 1 saturated heterocycles. The Bertz CT molecular complexity index is 772. The van der Waals surface area contributed by atoms with Crippen LogP contribution in [0.3, 0.4) is 0 Å². The number of rotatable bonds is 3. The molecule has 1 amide bonds. The first-order chi connectivity index (χ1) is 11.5. The molecule has 1 aliphatic rings. The van der Waals surface area contributed by atoms with E-state index in [4.69, 9.17) is 17.3 Å². The van der Waals surface area contributed by atoms with Gasteiger partial charge in [-0.3, -0.25) is 9.69 Å². The van der Waals surface area contributed by atoms with Crippen molar-refractivity contribution in [1.82, 2.24) is 20.2 Å². The smallest absolute Gasteiger partial charge is 0.274 e. The number of aromatic nitrogens is 2. The van der Waals surface area contributed by atoms with Crippen LogP contribution in [0.2, 0.25) is 5.02 Å². The summed E-state index contributed by atoms with van der Waals surface area (Å²) in [5, 5.41) is 3.01. The highest BCUT2D eigenvalue weighted by Gasteiger charge is 2.35. The minimum absolute atomic E-state index is 0.0762. The van der Waals surface area contributed by atoms with Gasteiger partial charge in [0.1, 0.15) is 5.82 Å². The molecule has 2 unspecified atom stereocenters. The Hall–Kier alpha value is -2.25. The third-order valence-corrected chi connectivity index (χ3v) is 4.50. The van der Waals surface area contributed by atoms with E-state index >= 15 is 0 Å². The maximum Gasteiger partial charge on any atom is 0.274 e. The lowest BCUT2D eigenvalue weighted by atomic mass is 10.00. The first-order valence-corrected chi connectivity index (χ1v) is 7.87. The van der Waals surface area contributed by atoms with E-state index in [-0.39, 0.29) is 34.5 Å². The van der Waals surface area contributed by atoms with Crippen LogP contribution in [0, 0.1) is 5.82 Å². The highest BCUT2D eigenvalue weighted by Crippen LogP contribution is 2.32. The summed E-state index contributed by atoms with van der Waals surface area (Å²) in [5.74, 6) is -0.784. The van der Waals surface area contributed by atoms with Crippen LogP contribution in [0.5, 0.6) is 0 Å². The number of nitrogens with zero attached hydrogens (tertiary/aromatic N) is 3. The van der Waals surface area contributed by atoms with Crippen LogP contribution in [-0.2, 0) is 0 Å². The van der Waals surface area contributed by atoms with Crippen molar-refractivity contribution in [1.29, 1.82) is 0 Å². The third kappa shape index (κ3) is 3.18. The van der Waals surface area contributed by atoms with Crippen LogP contribution >= 0.6 is 11.6 Å². The number of anilines is 1. The summed E-state index contributed by atoms with van der Waals surface area (Å²) in [7, 11) is 1.93. The molecule has 2 heterocycles. The summed E-state index contributed by atoms with van der Waals surface area (Å²) in [6, 6.07) is 4.36. The van der Waals surface area contributed by atoms with Crippen LogP contribution in [-0.4, -0.2) is 40.4 Å². The van der Waals surface area contributed by atoms with E-state index in [1.54, 1.807) is 6.07 Å². The van der Waals surface area contributed by atoms with Gasteiger partial charge in [-0.05, 0) is 31.2 Å². The summed E-state index contributed by atoms with van der Waals surface area (Å²) < 4.78 is 13.8. The first-order valence-electron chi connectivity index (χ1n) is 7.50. The lowest BCUT2D eigenvalue weighted by Gasteiger charge is -2.26. The molecule has 24 heavy (non-hydrogen) atoms. The summed E-state index contributed by atoms with van der Waals surface area (Å²) in [6.45, 7) is 0.774. The molecule has 1 fully saturated rings. The van der Waals surface area contributed by atoms with Gasteiger partial charge in [0.2, 0.25) is 0 Å². The zero-order valence-corrected chi connectivity index (χ0v) is 13.8. The molecular formula is C16H17ClFN5O. The van der Waals surface area contributed by atoms with Gasteiger partial charge in [-0.25, -0.2) is 14.4 Å². The Morgan fingerprint density at radius 2 is 2.17 bits per heavy atom. The summed E-state index contributed by atoms with van der Waals surface area (Å²) >= 11 is 5.75.